The van der Waals surface area contributed by atoms with E-state index in [1.54, 1.807) is 0 Å². The molecule has 1 aliphatic heterocycles. The van der Waals surface area contributed by atoms with Crippen LogP contribution in [0.15, 0.2) is 30.3 Å². The highest BCUT2D eigenvalue weighted by Gasteiger charge is 2.54. The highest BCUT2D eigenvalue weighted by atomic mass is 16.1. The average Bonchev–Trinajstić information content (AvgIpc) is 2.38. The Kier molecular flexibility index (Phi) is 2.32. The number of nitrogens with one attached hydrogen (secondary N) is 1. The molecule has 1 aromatic carbocycles. The lowest BCUT2D eigenvalue weighted by Crippen LogP contribution is -2.53. The maximum atomic E-state index is 12.0. The van der Waals surface area contributed by atoms with Crippen LogP contribution in [0.2, 0.25) is 0 Å². The summed E-state index contributed by atoms with van der Waals surface area (Å²) in [6.07, 6.45) is 2.79. The van der Waals surface area contributed by atoms with Crippen molar-refractivity contribution in [1.29, 1.82) is 0 Å². The van der Waals surface area contributed by atoms with Gasteiger partial charge in [0, 0.05) is 17.8 Å². The molecule has 1 saturated heterocycles. The third-order valence-corrected chi connectivity index (χ3v) is 4.31. The van der Waals surface area contributed by atoms with Gasteiger partial charge >= 0.3 is 0 Å². The zero-order valence-electron chi connectivity index (χ0n) is 9.41. The number of carbonyl (C=O) groups excluding carboxylic acids is 1. The quantitative estimate of drug-likeness (QED) is 0.777. The maximum absolute atomic E-state index is 12.0. The summed E-state index contributed by atoms with van der Waals surface area (Å²) in [4.78, 5) is 12.0. The number of Topliss-reactive ketones (excluding diaryl/α,β-unsaturated/α-hetero) is 1. The molecule has 0 amide bonds. The molecule has 1 saturated carbocycles. The minimum atomic E-state index is -0.0212. The fraction of sp³-hybridized carbons (Fsp3) is 0.500. The third kappa shape index (κ3) is 1.33. The Morgan fingerprint density at radius 1 is 1.12 bits per heavy atom. The van der Waals surface area contributed by atoms with E-state index in [0.29, 0.717) is 11.7 Å². The lowest BCUT2D eigenvalue weighted by atomic mass is 9.53. The molecule has 16 heavy (non-hydrogen) atoms. The maximum Gasteiger partial charge on any atom is 0.140 e. The van der Waals surface area contributed by atoms with Crippen molar-refractivity contribution in [2.75, 3.05) is 13.1 Å². The second kappa shape index (κ2) is 3.70. The fourth-order valence-corrected chi connectivity index (χ4v) is 3.27. The molecule has 1 spiro atoms. The molecule has 2 heteroatoms. The van der Waals surface area contributed by atoms with E-state index in [2.05, 4.69) is 29.6 Å². The van der Waals surface area contributed by atoms with Crippen LogP contribution in [0.3, 0.4) is 0 Å². The summed E-state index contributed by atoms with van der Waals surface area (Å²) in [5.41, 5.74) is 1.33. The van der Waals surface area contributed by atoms with Crippen LogP contribution in [0.25, 0.3) is 0 Å². The summed E-state index contributed by atoms with van der Waals surface area (Å²) in [5.74, 6) is 0.964. The summed E-state index contributed by atoms with van der Waals surface area (Å²) in [5, 5.41) is 3.35. The van der Waals surface area contributed by atoms with Gasteiger partial charge in [-0.2, -0.15) is 0 Å². The van der Waals surface area contributed by atoms with Crippen LogP contribution in [0.1, 0.15) is 30.7 Å². The predicted molar refractivity (Wildman–Crippen MR) is 63.3 cm³/mol. The molecule has 1 aromatic rings. The lowest BCUT2D eigenvalue weighted by molar-refractivity contribution is -0.143. The van der Waals surface area contributed by atoms with E-state index in [-0.39, 0.29) is 5.41 Å². The number of ketones is 1. The highest BCUT2D eigenvalue weighted by molar-refractivity contribution is 5.93. The summed E-state index contributed by atoms with van der Waals surface area (Å²) >= 11 is 0. The van der Waals surface area contributed by atoms with Crippen LogP contribution in [-0.4, -0.2) is 18.9 Å². The standard InChI is InChI=1S/C14H17NO/c16-13-10-12(11-4-2-1-3-5-11)14(13)6-8-15-9-7-14/h1-5,12,15H,6-10H2. The van der Waals surface area contributed by atoms with Gasteiger partial charge in [0.2, 0.25) is 0 Å². The van der Waals surface area contributed by atoms with Gasteiger partial charge in [0.25, 0.3) is 0 Å². The minimum Gasteiger partial charge on any atom is -0.317 e. The number of hydrogen-bond donors (Lipinski definition) is 1. The van der Waals surface area contributed by atoms with Crippen LogP contribution in [-0.2, 0) is 4.79 Å². The zero-order valence-corrected chi connectivity index (χ0v) is 9.41. The fourth-order valence-electron chi connectivity index (χ4n) is 3.27. The van der Waals surface area contributed by atoms with Gasteiger partial charge in [-0.1, -0.05) is 30.3 Å². The van der Waals surface area contributed by atoms with Gasteiger partial charge in [0.1, 0.15) is 5.78 Å². The first-order valence-electron chi connectivity index (χ1n) is 6.12. The van der Waals surface area contributed by atoms with Gasteiger partial charge in [-0.15, -0.1) is 0 Å². The number of rotatable bonds is 1. The first-order valence-corrected chi connectivity index (χ1v) is 6.12. The predicted octanol–water partition coefficient (Wildman–Crippen LogP) is 2.11. The molecule has 84 valence electrons. The van der Waals surface area contributed by atoms with Crippen LogP contribution in [0, 0.1) is 5.41 Å². The Hall–Kier alpha value is -1.15. The number of piperidine rings is 1. The van der Waals surface area contributed by atoms with Gasteiger partial charge in [-0.3, -0.25) is 4.79 Å². The second-order valence-electron chi connectivity index (χ2n) is 5.00. The second-order valence-corrected chi connectivity index (χ2v) is 5.00. The number of hydrogen-bond acceptors (Lipinski definition) is 2. The van der Waals surface area contributed by atoms with Gasteiger partial charge in [-0.05, 0) is 31.5 Å². The molecule has 2 fully saturated rings. The van der Waals surface area contributed by atoms with Crippen molar-refractivity contribution in [2.24, 2.45) is 5.41 Å². The summed E-state index contributed by atoms with van der Waals surface area (Å²) < 4.78 is 0. The highest BCUT2D eigenvalue weighted by Crippen LogP contribution is 2.55. The molecule has 3 rings (SSSR count). The number of benzene rings is 1. The lowest BCUT2D eigenvalue weighted by Gasteiger charge is -2.50. The van der Waals surface area contributed by atoms with Crippen molar-refractivity contribution < 1.29 is 4.79 Å². The van der Waals surface area contributed by atoms with Crippen molar-refractivity contribution in [3.05, 3.63) is 35.9 Å². The van der Waals surface area contributed by atoms with Crippen molar-refractivity contribution in [3.8, 4) is 0 Å². The Morgan fingerprint density at radius 2 is 1.81 bits per heavy atom. The Morgan fingerprint density at radius 3 is 2.44 bits per heavy atom. The van der Waals surface area contributed by atoms with Crippen LogP contribution < -0.4 is 5.32 Å². The molecular formula is C14H17NO. The molecule has 0 bridgehead atoms. The molecule has 1 unspecified atom stereocenters. The van der Waals surface area contributed by atoms with Crippen LogP contribution in [0.4, 0.5) is 0 Å². The molecule has 1 heterocycles. The van der Waals surface area contributed by atoms with E-state index in [1.165, 1.54) is 5.56 Å². The molecule has 1 N–H and O–H groups in total. The Balaban J connectivity index is 1.90. The van der Waals surface area contributed by atoms with Gasteiger partial charge < -0.3 is 5.32 Å². The molecule has 1 atom stereocenters. The van der Waals surface area contributed by atoms with E-state index in [1.807, 2.05) is 6.07 Å². The molecule has 0 radical (unpaired) electrons. The Bertz CT molecular complexity index is 392. The van der Waals surface area contributed by atoms with Gasteiger partial charge in [0.05, 0.1) is 0 Å². The molecule has 2 aliphatic rings. The molecule has 0 aromatic heterocycles. The van der Waals surface area contributed by atoms with E-state index in [4.69, 9.17) is 0 Å². The third-order valence-electron chi connectivity index (χ3n) is 4.31. The smallest absolute Gasteiger partial charge is 0.140 e. The summed E-state index contributed by atoms with van der Waals surface area (Å²) in [7, 11) is 0. The van der Waals surface area contributed by atoms with Crippen molar-refractivity contribution in [1.82, 2.24) is 5.32 Å². The van der Waals surface area contributed by atoms with Crippen molar-refractivity contribution in [3.63, 3.8) is 0 Å². The number of carbonyl (C=O) groups is 1. The van der Waals surface area contributed by atoms with E-state index in [0.717, 1.165) is 32.4 Å². The molecule has 2 nitrogen and oxygen atoms in total. The normalized spacial score (nSPS) is 27.8. The van der Waals surface area contributed by atoms with E-state index in [9.17, 15) is 4.79 Å². The van der Waals surface area contributed by atoms with Gasteiger partial charge in [0.15, 0.2) is 0 Å². The van der Waals surface area contributed by atoms with E-state index >= 15 is 0 Å². The molecule has 1 aliphatic carbocycles. The summed E-state index contributed by atoms with van der Waals surface area (Å²) in [6, 6.07) is 10.5. The van der Waals surface area contributed by atoms with Crippen molar-refractivity contribution >= 4 is 5.78 Å². The van der Waals surface area contributed by atoms with Crippen LogP contribution in [0.5, 0.6) is 0 Å². The first kappa shape index (κ1) is 10.0. The van der Waals surface area contributed by atoms with Gasteiger partial charge in [-0.25, -0.2) is 0 Å². The van der Waals surface area contributed by atoms with Crippen molar-refractivity contribution in [2.45, 2.75) is 25.2 Å². The monoisotopic (exact) mass is 215 g/mol. The SMILES string of the molecule is O=C1CC(c2ccccc2)C12CCNCC2. The minimum absolute atomic E-state index is 0.0212. The average molecular weight is 215 g/mol. The first-order chi connectivity index (χ1) is 7.83. The van der Waals surface area contributed by atoms with E-state index < -0.39 is 0 Å². The molecular weight excluding hydrogens is 198 g/mol. The largest absolute Gasteiger partial charge is 0.317 e. The van der Waals surface area contributed by atoms with Crippen LogP contribution >= 0.6 is 0 Å². The Labute approximate surface area is 96.1 Å². The summed E-state index contributed by atoms with van der Waals surface area (Å²) in [6.45, 7) is 1.99. The zero-order chi connectivity index (χ0) is 11.0. The topological polar surface area (TPSA) is 29.1 Å².